The molecule has 0 radical (unpaired) electrons. The van der Waals surface area contributed by atoms with Crippen LogP contribution in [0.25, 0.3) is 0 Å². The first-order valence-corrected chi connectivity index (χ1v) is 27.0. The molecule has 6 aliphatic heterocycles. The molecule has 5 aromatic heterocycles. The molecule has 3 fully saturated rings. The number of likely N-dealkylation sites (tertiary alicyclic amines) is 3. The van der Waals surface area contributed by atoms with Crippen LogP contribution in [0.2, 0.25) is 5.15 Å². The number of nitrogens with zero attached hydrogens (tertiary/aromatic N) is 12. The summed E-state index contributed by atoms with van der Waals surface area (Å²) < 4.78 is 9.90. The van der Waals surface area contributed by atoms with Crippen molar-refractivity contribution < 1.29 is 23.9 Å². The van der Waals surface area contributed by atoms with Gasteiger partial charge in [0.2, 0.25) is 0 Å². The standard InChI is InChI=1S/C18H20N8O2.C18H26N4O4.C13H18N4O2.C5H3ClN4/c1-10-6-12(23-15-11(7-19)14(20)21-9-22-15)17(28)26-13(10)16(27)24-18(26)4-3-5-25(2)8-18;1-11-9-12(19-16(25)26-17(2,3)4)15(24)22-13(11)14(23)20-18(22)7-6-8-21(5)10-18;1-8-6-9(14)12(19)17-10(8)11(18)15-13(17)4-3-5-16(2)7-13;6-4-3(1-7)5(8)10-2-9-4/h6,9H,3-5,8H2,1-2H3,(H,24,27)(H3,20,21,22,23);9H,6-8,10H2,1-5H3,(H,19,25)(H,20,23);6H,3-5,7,14H2,1-2H3,(H,15,18);2H,(H2,8,9,10)/t2*18-;13-;/m000./s1. The number of anilines is 6. The van der Waals surface area contributed by atoms with Gasteiger partial charge >= 0.3 is 6.09 Å². The number of amides is 4. The van der Waals surface area contributed by atoms with Crippen molar-refractivity contribution in [1.82, 2.24) is 64.3 Å². The van der Waals surface area contributed by atoms with Crippen LogP contribution in [0.4, 0.5) is 39.3 Å². The smallest absolute Gasteiger partial charge is 0.412 e. The Hall–Kier alpha value is -8.96. The number of carbonyl (C=O) groups excluding carboxylic acids is 4. The average Bonchev–Trinajstić information content (AvgIpc) is 2.76. The number of aryl methyl sites for hydroxylation is 3. The first-order chi connectivity index (χ1) is 39.1. The van der Waals surface area contributed by atoms with E-state index in [2.05, 4.69) is 61.2 Å². The Morgan fingerprint density at radius 2 is 1.02 bits per heavy atom. The Bertz CT molecular complexity index is 3730. The molecule has 28 nitrogen and oxygen atoms in total. The molecule has 0 unspecified atom stereocenters. The molecular formula is C54H67ClN20O8. The normalized spacial score (nSPS) is 21.5. The zero-order valence-corrected chi connectivity index (χ0v) is 48.4. The number of nitrogens with two attached hydrogens (primary N) is 3. The van der Waals surface area contributed by atoms with Crippen molar-refractivity contribution in [2.24, 2.45) is 0 Å². The lowest BCUT2D eigenvalue weighted by Gasteiger charge is -2.39. The number of nitrogens with one attached hydrogen (secondary N) is 5. The van der Waals surface area contributed by atoms with E-state index in [0.29, 0.717) is 60.7 Å². The summed E-state index contributed by atoms with van der Waals surface area (Å²) in [6.07, 6.45) is 6.51. The number of hydrogen-bond acceptors (Lipinski definition) is 21. The Morgan fingerprint density at radius 1 is 0.627 bits per heavy atom. The topological polar surface area (TPSA) is 391 Å². The molecule has 83 heavy (non-hydrogen) atoms. The molecule has 29 heteroatoms. The van der Waals surface area contributed by atoms with Crippen LogP contribution in [0.3, 0.4) is 0 Å². The molecule has 11 heterocycles. The number of nitriles is 2. The van der Waals surface area contributed by atoms with E-state index in [9.17, 15) is 38.8 Å². The molecule has 4 amide bonds. The van der Waals surface area contributed by atoms with Crippen LogP contribution in [-0.4, -0.2) is 138 Å². The van der Waals surface area contributed by atoms with Crippen molar-refractivity contribution in [2.45, 2.75) is 103 Å². The third-order valence-electron chi connectivity index (χ3n) is 15.0. The van der Waals surface area contributed by atoms with E-state index in [1.165, 1.54) is 23.3 Å². The molecule has 3 spiro atoms. The van der Waals surface area contributed by atoms with Gasteiger partial charge in [-0.3, -0.25) is 47.8 Å². The number of aromatic nitrogens is 7. The first kappa shape index (κ1) is 60.1. The summed E-state index contributed by atoms with van der Waals surface area (Å²) in [6.45, 7) is 15.1. The SMILES string of the molecule is Cc1cc(N)c(=O)n2c1C(=O)N[C@@]21CCCN(C)C1.Cc1cc(NC(=O)OC(C)(C)C)c(=O)n2c1C(=O)N[C@@]21CCCN(C)C1.Cc1cc(Nc2ncnc(N)c2C#N)c(=O)n2c1C(=O)N[C@@]21CCCN(C)C1.N#Cc1c(N)ncnc1Cl. The van der Waals surface area contributed by atoms with E-state index in [0.717, 1.165) is 50.9 Å². The first-order valence-electron chi connectivity index (χ1n) is 26.6. The van der Waals surface area contributed by atoms with Gasteiger partial charge in [0.25, 0.3) is 34.4 Å². The summed E-state index contributed by atoms with van der Waals surface area (Å²) in [5.41, 5.74) is 16.9. The molecule has 0 aromatic carbocycles. The molecule has 0 saturated carbocycles. The minimum atomic E-state index is -0.776. The number of ether oxygens (including phenoxy) is 1. The summed E-state index contributed by atoms with van der Waals surface area (Å²) >= 11 is 5.48. The summed E-state index contributed by atoms with van der Waals surface area (Å²) in [5, 5.41) is 32.3. The van der Waals surface area contributed by atoms with Gasteiger partial charge in [-0.15, -0.1) is 0 Å². The Kier molecular flexibility index (Phi) is 16.8. The summed E-state index contributed by atoms with van der Waals surface area (Å²) in [7, 11) is 5.93. The third-order valence-corrected chi connectivity index (χ3v) is 15.3. The van der Waals surface area contributed by atoms with Crippen molar-refractivity contribution in [1.29, 1.82) is 10.5 Å². The molecule has 11 rings (SSSR count). The number of hydrogen-bond donors (Lipinski definition) is 8. The second-order valence-electron chi connectivity index (χ2n) is 22.6. The van der Waals surface area contributed by atoms with Crippen LogP contribution in [-0.2, 0) is 21.7 Å². The maximum Gasteiger partial charge on any atom is 0.412 e. The van der Waals surface area contributed by atoms with Crippen molar-refractivity contribution in [3.63, 3.8) is 0 Å². The molecule has 11 N–H and O–H groups in total. The number of halogens is 1. The highest BCUT2D eigenvalue weighted by Gasteiger charge is 2.49. The highest BCUT2D eigenvalue weighted by Crippen LogP contribution is 2.36. The van der Waals surface area contributed by atoms with Gasteiger partial charge in [-0.25, -0.2) is 24.7 Å². The highest BCUT2D eigenvalue weighted by molar-refractivity contribution is 6.30. The maximum absolute atomic E-state index is 13.4. The molecular weight excluding hydrogens is 1090 g/mol. The van der Waals surface area contributed by atoms with Crippen molar-refractivity contribution in [3.05, 3.63) is 112 Å². The van der Waals surface area contributed by atoms with Gasteiger partial charge in [-0.2, -0.15) is 10.5 Å². The van der Waals surface area contributed by atoms with Gasteiger partial charge in [-0.05, 0) is 156 Å². The number of piperidine rings is 3. The van der Waals surface area contributed by atoms with E-state index in [1.54, 1.807) is 62.0 Å². The van der Waals surface area contributed by atoms with E-state index < -0.39 is 34.2 Å². The second kappa shape index (κ2) is 23.1. The molecule has 0 aliphatic carbocycles. The highest BCUT2D eigenvalue weighted by atomic mass is 35.5. The van der Waals surface area contributed by atoms with Gasteiger partial charge in [0.15, 0.2) is 11.0 Å². The Balaban J connectivity index is 0.000000152. The lowest BCUT2D eigenvalue weighted by Crippen LogP contribution is -2.57. The summed E-state index contributed by atoms with van der Waals surface area (Å²) in [5.74, 6) is -0.383. The van der Waals surface area contributed by atoms with Gasteiger partial charge in [0.05, 0.1) is 5.69 Å². The molecule has 3 atom stereocenters. The number of likely N-dealkylation sites (N-methyl/N-ethyl adjacent to an activating group) is 3. The lowest BCUT2D eigenvalue weighted by atomic mass is 9.98. The largest absolute Gasteiger partial charge is 0.444 e. The number of carbonyl (C=O) groups is 4. The van der Waals surface area contributed by atoms with Crippen LogP contribution in [0, 0.1) is 43.4 Å². The number of rotatable bonds is 3. The molecule has 5 aromatic rings. The van der Waals surface area contributed by atoms with E-state index >= 15 is 0 Å². The molecule has 0 bridgehead atoms. The minimum Gasteiger partial charge on any atom is -0.444 e. The van der Waals surface area contributed by atoms with Gasteiger partial charge < -0.3 is 57.9 Å². The third kappa shape index (κ3) is 11.8. The zero-order chi connectivity index (χ0) is 60.7. The fraction of sp³-hybridized carbons (Fsp3) is 0.463. The van der Waals surface area contributed by atoms with Crippen LogP contribution in [0.15, 0.2) is 45.2 Å². The molecule has 438 valence electrons. The quantitative estimate of drug-likeness (QED) is 0.120. The van der Waals surface area contributed by atoms with E-state index in [-0.39, 0.29) is 79.6 Å². The number of pyridine rings is 3. The van der Waals surface area contributed by atoms with Crippen LogP contribution in [0.5, 0.6) is 0 Å². The predicted octanol–water partition coefficient (Wildman–Crippen LogP) is 2.34. The van der Waals surface area contributed by atoms with E-state index in [1.807, 2.05) is 34.1 Å². The van der Waals surface area contributed by atoms with Gasteiger partial charge in [-0.1, -0.05) is 11.6 Å². The number of fused-ring (bicyclic) bond motifs is 6. The van der Waals surface area contributed by atoms with Crippen molar-refractivity contribution >= 4 is 69.9 Å². The van der Waals surface area contributed by atoms with Crippen molar-refractivity contribution in [3.8, 4) is 12.1 Å². The van der Waals surface area contributed by atoms with Crippen LogP contribution in [0.1, 0.15) is 119 Å². The Labute approximate surface area is 482 Å². The summed E-state index contributed by atoms with van der Waals surface area (Å²) in [6, 6.07) is 8.44. The molecule has 6 aliphatic rings. The monoisotopic (exact) mass is 1160 g/mol. The predicted molar refractivity (Wildman–Crippen MR) is 308 cm³/mol. The van der Waals surface area contributed by atoms with Crippen LogP contribution < -0.4 is 60.5 Å². The van der Waals surface area contributed by atoms with Gasteiger partial charge in [0, 0.05) is 19.6 Å². The van der Waals surface area contributed by atoms with E-state index in [4.69, 9.17) is 38.8 Å². The summed E-state index contributed by atoms with van der Waals surface area (Å²) in [4.78, 5) is 110. The van der Waals surface area contributed by atoms with Gasteiger partial charge in [0.1, 0.15) is 98.6 Å². The molecule has 3 saturated heterocycles. The maximum atomic E-state index is 13.4. The minimum absolute atomic E-state index is 0.0280. The fourth-order valence-corrected chi connectivity index (χ4v) is 11.9. The van der Waals surface area contributed by atoms with Crippen LogP contribution >= 0.6 is 11.6 Å². The average molecular weight is 1160 g/mol. The Morgan fingerprint density at radius 3 is 1.43 bits per heavy atom. The zero-order valence-electron chi connectivity index (χ0n) is 47.6. The van der Waals surface area contributed by atoms with Crippen molar-refractivity contribution in [2.75, 3.05) is 88.2 Å². The lowest BCUT2D eigenvalue weighted by molar-refractivity contribution is 0.0631. The fourth-order valence-electron chi connectivity index (χ4n) is 11.7. The number of nitrogen functional groups attached to an aromatic ring is 3. The second-order valence-corrected chi connectivity index (χ2v) is 23.0.